The predicted molar refractivity (Wildman–Crippen MR) is 98.5 cm³/mol. The Balaban J connectivity index is 1.68. The highest BCUT2D eigenvalue weighted by molar-refractivity contribution is 6.33. The van der Waals surface area contributed by atoms with Crippen molar-refractivity contribution in [2.24, 2.45) is 0 Å². The predicted octanol–water partition coefficient (Wildman–Crippen LogP) is 4.58. The number of hydrogen-bond acceptors (Lipinski definition) is 3. The number of halogens is 1. The molecule has 5 rings (SSSR count). The van der Waals surface area contributed by atoms with Crippen LogP contribution in [-0.2, 0) is 12.8 Å². The van der Waals surface area contributed by atoms with Crippen LogP contribution >= 0.6 is 11.6 Å². The Kier molecular flexibility index (Phi) is 3.26. The first kappa shape index (κ1) is 15.1. The molecular weight excluding hydrogens is 332 g/mol. The topological polar surface area (TPSA) is 43.6 Å². The first-order valence-corrected chi connectivity index (χ1v) is 9.20. The number of aromatic nitrogens is 4. The molecule has 25 heavy (non-hydrogen) atoms. The molecule has 0 radical (unpaired) electrons. The number of nitrogens with zero attached hydrogens (tertiary/aromatic N) is 4. The van der Waals surface area contributed by atoms with Gasteiger partial charge in [-0.3, -0.25) is 9.55 Å². The van der Waals surface area contributed by atoms with Gasteiger partial charge in [0.2, 0.25) is 0 Å². The zero-order valence-corrected chi connectivity index (χ0v) is 15.1. The van der Waals surface area contributed by atoms with Crippen molar-refractivity contribution in [2.75, 3.05) is 0 Å². The molecule has 5 heteroatoms. The SMILES string of the molecule is Cc1c(-c2cc(Cl)c3c(c2)CCc2nnc(C)n2-3)cncc1C1CC1. The van der Waals surface area contributed by atoms with Gasteiger partial charge >= 0.3 is 0 Å². The van der Waals surface area contributed by atoms with E-state index in [1.807, 2.05) is 19.3 Å². The Labute approximate surface area is 151 Å². The molecule has 1 aliphatic carbocycles. The lowest BCUT2D eigenvalue weighted by atomic mass is 9.93. The lowest BCUT2D eigenvalue weighted by molar-refractivity contribution is 0.767. The summed E-state index contributed by atoms with van der Waals surface area (Å²) in [6.45, 7) is 4.18. The molecule has 4 nitrogen and oxygen atoms in total. The van der Waals surface area contributed by atoms with E-state index in [1.54, 1.807) is 0 Å². The van der Waals surface area contributed by atoms with Gasteiger partial charge in [-0.25, -0.2) is 0 Å². The Morgan fingerprint density at radius 1 is 1.08 bits per heavy atom. The fraction of sp³-hybridized carbons (Fsp3) is 0.350. The number of pyridine rings is 1. The van der Waals surface area contributed by atoms with E-state index in [9.17, 15) is 0 Å². The summed E-state index contributed by atoms with van der Waals surface area (Å²) in [4.78, 5) is 4.50. The molecule has 1 saturated carbocycles. The molecule has 1 aromatic carbocycles. The summed E-state index contributed by atoms with van der Waals surface area (Å²) in [7, 11) is 0. The van der Waals surface area contributed by atoms with E-state index in [-0.39, 0.29) is 0 Å². The van der Waals surface area contributed by atoms with Gasteiger partial charge in [-0.05, 0) is 73.4 Å². The Hall–Kier alpha value is -2.20. The maximum Gasteiger partial charge on any atom is 0.137 e. The molecule has 2 aliphatic rings. The second-order valence-corrected chi connectivity index (χ2v) is 7.55. The van der Waals surface area contributed by atoms with Crippen LogP contribution in [0.25, 0.3) is 16.8 Å². The van der Waals surface area contributed by atoms with E-state index in [4.69, 9.17) is 11.6 Å². The van der Waals surface area contributed by atoms with Crippen molar-refractivity contribution >= 4 is 11.6 Å². The van der Waals surface area contributed by atoms with Crippen LogP contribution in [0.15, 0.2) is 24.5 Å². The van der Waals surface area contributed by atoms with Gasteiger partial charge in [0.25, 0.3) is 0 Å². The van der Waals surface area contributed by atoms with Gasteiger partial charge in [0.15, 0.2) is 0 Å². The van der Waals surface area contributed by atoms with E-state index in [1.165, 1.54) is 35.1 Å². The van der Waals surface area contributed by atoms with Crippen LogP contribution in [-0.4, -0.2) is 19.7 Å². The van der Waals surface area contributed by atoms with Crippen LogP contribution in [0.2, 0.25) is 5.02 Å². The lowest BCUT2D eigenvalue weighted by Gasteiger charge is -2.22. The molecule has 0 spiro atoms. The second-order valence-electron chi connectivity index (χ2n) is 7.14. The van der Waals surface area contributed by atoms with Crippen LogP contribution in [0.3, 0.4) is 0 Å². The van der Waals surface area contributed by atoms with Gasteiger partial charge in [0.1, 0.15) is 11.6 Å². The van der Waals surface area contributed by atoms with Crippen molar-refractivity contribution in [1.29, 1.82) is 0 Å². The highest BCUT2D eigenvalue weighted by Crippen LogP contribution is 2.44. The van der Waals surface area contributed by atoms with Gasteiger partial charge in [-0.2, -0.15) is 0 Å². The molecule has 0 saturated heterocycles. The van der Waals surface area contributed by atoms with Crippen molar-refractivity contribution < 1.29 is 0 Å². The number of aryl methyl sites for hydroxylation is 3. The molecule has 0 unspecified atom stereocenters. The van der Waals surface area contributed by atoms with E-state index in [2.05, 4.69) is 38.8 Å². The van der Waals surface area contributed by atoms with Crippen LogP contribution in [0.5, 0.6) is 0 Å². The molecular formula is C20H19ClN4. The largest absolute Gasteiger partial charge is 0.281 e. The van der Waals surface area contributed by atoms with Gasteiger partial charge in [-0.15, -0.1) is 10.2 Å². The van der Waals surface area contributed by atoms with E-state index < -0.39 is 0 Å². The van der Waals surface area contributed by atoms with Crippen LogP contribution in [0.1, 0.15) is 47.1 Å². The second kappa shape index (κ2) is 5.40. The first-order chi connectivity index (χ1) is 12.1. The highest BCUT2D eigenvalue weighted by atomic mass is 35.5. The zero-order valence-electron chi connectivity index (χ0n) is 14.4. The molecule has 3 heterocycles. The summed E-state index contributed by atoms with van der Waals surface area (Å²) >= 11 is 6.72. The Morgan fingerprint density at radius 3 is 2.72 bits per heavy atom. The average molecular weight is 351 g/mol. The zero-order chi connectivity index (χ0) is 17.1. The maximum absolute atomic E-state index is 6.72. The van der Waals surface area contributed by atoms with Crippen molar-refractivity contribution in [2.45, 2.75) is 45.4 Å². The number of rotatable bonds is 2. The van der Waals surface area contributed by atoms with Crippen molar-refractivity contribution in [3.63, 3.8) is 0 Å². The molecule has 0 N–H and O–H groups in total. The number of benzene rings is 1. The number of fused-ring (bicyclic) bond motifs is 3. The molecule has 1 aliphatic heterocycles. The van der Waals surface area contributed by atoms with Gasteiger partial charge in [0, 0.05) is 24.4 Å². The molecule has 0 bridgehead atoms. The molecule has 126 valence electrons. The van der Waals surface area contributed by atoms with E-state index in [0.29, 0.717) is 5.92 Å². The molecule has 0 atom stereocenters. The van der Waals surface area contributed by atoms with Gasteiger partial charge in [0.05, 0.1) is 10.7 Å². The summed E-state index contributed by atoms with van der Waals surface area (Å²) in [5.41, 5.74) is 7.38. The highest BCUT2D eigenvalue weighted by Gasteiger charge is 2.27. The lowest BCUT2D eigenvalue weighted by Crippen LogP contribution is -2.14. The third kappa shape index (κ3) is 2.31. The molecule has 2 aromatic heterocycles. The van der Waals surface area contributed by atoms with E-state index in [0.717, 1.165) is 40.8 Å². The van der Waals surface area contributed by atoms with Crippen molar-refractivity contribution in [3.8, 4) is 16.8 Å². The summed E-state index contributed by atoms with van der Waals surface area (Å²) < 4.78 is 2.09. The minimum absolute atomic E-state index is 0.697. The summed E-state index contributed by atoms with van der Waals surface area (Å²) in [5.74, 6) is 2.58. The smallest absolute Gasteiger partial charge is 0.137 e. The number of hydrogen-bond donors (Lipinski definition) is 0. The van der Waals surface area contributed by atoms with E-state index >= 15 is 0 Å². The minimum Gasteiger partial charge on any atom is -0.281 e. The standard InChI is InChI=1S/C20H19ClN4/c1-11-16(13-3-4-13)9-22-10-17(11)15-7-14-5-6-19-24-23-12(2)25(19)20(14)18(21)8-15/h7-10,13H,3-6H2,1-2H3. The van der Waals surface area contributed by atoms with Crippen molar-refractivity contribution in [3.05, 3.63) is 57.9 Å². The summed E-state index contributed by atoms with van der Waals surface area (Å²) in [6, 6.07) is 4.33. The Morgan fingerprint density at radius 2 is 1.92 bits per heavy atom. The van der Waals surface area contributed by atoms with Gasteiger partial charge in [-0.1, -0.05) is 11.6 Å². The molecule has 3 aromatic rings. The maximum atomic E-state index is 6.72. The summed E-state index contributed by atoms with van der Waals surface area (Å²) in [6.07, 6.45) is 8.41. The monoisotopic (exact) mass is 350 g/mol. The van der Waals surface area contributed by atoms with Crippen LogP contribution < -0.4 is 0 Å². The Bertz CT molecular complexity index is 1000. The quantitative estimate of drug-likeness (QED) is 0.679. The fourth-order valence-corrected chi connectivity index (χ4v) is 4.32. The first-order valence-electron chi connectivity index (χ1n) is 8.82. The summed E-state index contributed by atoms with van der Waals surface area (Å²) in [5, 5.41) is 9.25. The molecule has 0 amide bonds. The normalized spacial score (nSPS) is 15.8. The van der Waals surface area contributed by atoms with Crippen LogP contribution in [0.4, 0.5) is 0 Å². The average Bonchev–Trinajstić information content (AvgIpc) is 3.38. The third-order valence-electron chi connectivity index (χ3n) is 5.46. The molecule has 1 fully saturated rings. The fourth-order valence-electron chi connectivity index (χ4n) is 4.00. The van der Waals surface area contributed by atoms with Gasteiger partial charge < -0.3 is 0 Å². The van der Waals surface area contributed by atoms with Crippen LogP contribution in [0, 0.1) is 13.8 Å². The third-order valence-corrected chi connectivity index (χ3v) is 5.75. The minimum atomic E-state index is 0.697. The van der Waals surface area contributed by atoms with Crippen molar-refractivity contribution in [1.82, 2.24) is 19.7 Å².